The number of anilines is 3. The van der Waals surface area contributed by atoms with Gasteiger partial charge in [-0.3, -0.25) is 4.79 Å². The third kappa shape index (κ3) is 5.22. The van der Waals surface area contributed by atoms with Gasteiger partial charge in [-0.15, -0.1) is 0 Å². The van der Waals surface area contributed by atoms with E-state index in [-0.39, 0.29) is 12.3 Å². The highest BCUT2D eigenvalue weighted by Crippen LogP contribution is 2.24. The number of pyridine rings is 1. The second kappa shape index (κ2) is 8.87. The summed E-state index contributed by atoms with van der Waals surface area (Å²) in [4.78, 5) is 16.2. The molecule has 5 nitrogen and oxygen atoms in total. The summed E-state index contributed by atoms with van der Waals surface area (Å²) in [6.07, 6.45) is 1.88. The first kappa shape index (κ1) is 17.8. The van der Waals surface area contributed by atoms with E-state index < -0.39 is 0 Å². The lowest BCUT2D eigenvalue weighted by Gasteiger charge is -2.09. The van der Waals surface area contributed by atoms with Gasteiger partial charge >= 0.3 is 0 Å². The first-order chi connectivity index (χ1) is 12.7. The molecule has 0 fully saturated rings. The van der Waals surface area contributed by atoms with Crippen LogP contribution in [0.2, 0.25) is 5.02 Å². The fraction of sp³-hybridized carbons (Fsp3) is 0.100. The van der Waals surface area contributed by atoms with Crippen LogP contribution in [0.1, 0.15) is 6.42 Å². The van der Waals surface area contributed by atoms with Crippen LogP contribution in [0.4, 0.5) is 17.2 Å². The Morgan fingerprint density at radius 1 is 1.00 bits per heavy atom. The van der Waals surface area contributed by atoms with Crippen LogP contribution in [0.25, 0.3) is 0 Å². The zero-order chi connectivity index (χ0) is 18.2. The van der Waals surface area contributed by atoms with Gasteiger partial charge in [0.15, 0.2) is 0 Å². The zero-order valence-corrected chi connectivity index (χ0v) is 14.7. The van der Waals surface area contributed by atoms with Crippen molar-refractivity contribution in [2.45, 2.75) is 6.42 Å². The lowest BCUT2D eigenvalue weighted by Crippen LogP contribution is -2.15. The molecule has 0 aliphatic rings. The average molecular weight is 368 g/mol. The number of benzene rings is 2. The summed E-state index contributed by atoms with van der Waals surface area (Å²) in [6, 6.07) is 20.4. The number of hydrogen-bond donors (Lipinski definition) is 2. The van der Waals surface area contributed by atoms with Crippen molar-refractivity contribution in [3.05, 3.63) is 77.9 Å². The monoisotopic (exact) mass is 367 g/mol. The fourth-order valence-electron chi connectivity index (χ4n) is 2.24. The molecule has 3 rings (SSSR count). The van der Waals surface area contributed by atoms with Gasteiger partial charge in [-0.1, -0.05) is 41.9 Å². The molecule has 0 radical (unpaired) electrons. The van der Waals surface area contributed by atoms with Crippen molar-refractivity contribution in [1.82, 2.24) is 4.98 Å². The van der Waals surface area contributed by atoms with Crippen molar-refractivity contribution in [2.24, 2.45) is 0 Å². The molecule has 0 spiro atoms. The van der Waals surface area contributed by atoms with E-state index in [1.807, 2.05) is 60.7 Å². The van der Waals surface area contributed by atoms with E-state index in [0.29, 0.717) is 17.4 Å². The summed E-state index contributed by atoms with van der Waals surface area (Å²) < 4.78 is 5.51. The minimum atomic E-state index is -0.153. The zero-order valence-electron chi connectivity index (χ0n) is 14.0. The van der Waals surface area contributed by atoms with Crippen LogP contribution in [0, 0.1) is 0 Å². The molecule has 1 heterocycles. The normalized spacial score (nSPS) is 10.2. The van der Waals surface area contributed by atoms with Gasteiger partial charge < -0.3 is 15.4 Å². The molecule has 1 aromatic heterocycles. The number of carbonyl (C=O) groups excluding carboxylic acids is 1. The van der Waals surface area contributed by atoms with Gasteiger partial charge in [-0.05, 0) is 36.4 Å². The van der Waals surface area contributed by atoms with Crippen molar-refractivity contribution >= 4 is 34.7 Å². The van der Waals surface area contributed by atoms with Gasteiger partial charge in [-0.2, -0.15) is 0 Å². The second-order valence-electron chi connectivity index (χ2n) is 5.50. The van der Waals surface area contributed by atoms with Crippen LogP contribution >= 0.6 is 11.6 Å². The lowest BCUT2D eigenvalue weighted by molar-refractivity contribution is -0.116. The van der Waals surface area contributed by atoms with Crippen molar-refractivity contribution in [3.63, 3.8) is 0 Å². The van der Waals surface area contributed by atoms with Crippen molar-refractivity contribution < 1.29 is 9.53 Å². The first-order valence-corrected chi connectivity index (χ1v) is 8.54. The van der Waals surface area contributed by atoms with Gasteiger partial charge in [0.2, 0.25) is 5.91 Å². The highest BCUT2D eigenvalue weighted by molar-refractivity contribution is 6.33. The van der Waals surface area contributed by atoms with Gasteiger partial charge in [-0.25, -0.2) is 4.98 Å². The van der Waals surface area contributed by atoms with Gasteiger partial charge in [0.05, 0.1) is 35.6 Å². The third-order valence-corrected chi connectivity index (χ3v) is 3.85. The fourth-order valence-corrected chi connectivity index (χ4v) is 2.43. The molecule has 0 aliphatic carbocycles. The van der Waals surface area contributed by atoms with E-state index in [0.717, 1.165) is 17.1 Å². The minimum absolute atomic E-state index is 0.153. The van der Waals surface area contributed by atoms with E-state index in [2.05, 4.69) is 15.6 Å². The number of halogens is 1. The molecule has 2 N–H and O–H groups in total. The third-order valence-electron chi connectivity index (χ3n) is 3.52. The Kier molecular flexibility index (Phi) is 6.06. The van der Waals surface area contributed by atoms with Crippen molar-refractivity contribution in [2.75, 3.05) is 17.2 Å². The van der Waals surface area contributed by atoms with Crippen LogP contribution in [-0.2, 0) is 4.79 Å². The van der Waals surface area contributed by atoms with Gasteiger partial charge in [0, 0.05) is 0 Å². The summed E-state index contributed by atoms with van der Waals surface area (Å²) in [7, 11) is 0. The maximum absolute atomic E-state index is 12.0. The van der Waals surface area contributed by atoms with Crippen LogP contribution < -0.4 is 15.4 Å². The summed E-state index contributed by atoms with van der Waals surface area (Å²) >= 11 is 6.12. The molecule has 2 aromatic carbocycles. The Bertz CT molecular complexity index is 854. The predicted molar refractivity (Wildman–Crippen MR) is 104 cm³/mol. The van der Waals surface area contributed by atoms with Crippen molar-refractivity contribution in [1.29, 1.82) is 0 Å². The molecule has 0 atom stereocenters. The van der Waals surface area contributed by atoms with Crippen LogP contribution in [0.15, 0.2) is 72.9 Å². The maximum Gasteiger partial charge on any atom is 0.228 e. The average Bonchev–Trinajstić information content (AvgIpc) is 2.66. The molecule has 3 aromatic rings. The molecular weight excluding hydrogens is 350 g/mol. The Labute approximate surface area is 157 Å². The summed E-state index contributed by atoms with van der Waals surface area (Å²) in [5.74, 6) is 1.08. The molecule has 0 saturated heterocycles. The molecule has 6 heteroatoms. The standard InChI is InChI=1S/C20H18ClN3O2/c21-17-8-4-5-9-18(17)23-15-10-11-19(22-14-15)24-20(25)12-13-26-16-6-2-1-3-7-16/h1-11,14,23H,12-13H2,(H,22,24,25). The predicted octanol–water partition coefficient (Wildman–Crippen LogP) is 4.89. The molecule has 26 heavy (non-hydrogen) atoms. The Hall–Kier alpha value is -3.05. The number of nitrogens with zero attached hydrogens (tertiary/aromatic N) is 1. The number of nitrogens with one attached hydrogen (secondary N) is 2. The van der Waals surface area contributed by atoms with E-state index in [9.17, 15) is 4.79 Å². The molecule has 0 saturated carbocycles. The number of aromatic nitrogens is 1. The van der Waals surface area contributed by atoms with E-state index in [4.69, 9.17) is 16.3 Å². The van der Waals surface area contributed by atoms with Crippen LogP contribution in [0.3, 0.4) is 0 Å². The molecule has 0 unspecified atom stereocenters. The minimum Gasteiger partial charge on any atom is -0.493 e. The largest absolute Gasteiger partial charge is 0.493 e. The van der Waals surface area contributed by atoms with E-state index >= 15 is 0 Å². The first-order valence-electron chi connectivity index (χ1n) is 8.16. The van der Waals surface area contributed by atoms with Crippen LogP contribution in [0.5, 0.6) is 5.75 Å². The number of ether oxygens (including phenoxy) is 1. The van der Waals surface area contributed by atoms with Crippen LogP contribution in [-0.4, -0.2) is 17.5 Å². The van der Waals surface area contributed by atoms with E-state index in [1.54, 1.807) is 12.3 Å². The number of rotatable bonds is 7. The molecular formula is C20H18ClN3O2. The summed E-state index contributed by atoms with van der Waals surface area (Å²) in [5.41, 5.74) is 1.58. The summed E-state index contributed by atoms with van der Waals surface area (Å²) in [6.45, 7) is 0.308. The van der Waals surface area contributed by atoms with Gasteiger partial charge in [0.25, 0.3) is 0 Å². The maximum atomic E-state index is 12.0. The smallest absolute Gasteiger partial charge is 0.228 e. The van der Waals surface area contributed by atoms with Crippen molar-refractivity contribution in [3.8, 4) is 5.75 Å². The van der Waals surface area contributed by atoms with Gasteiger partial charge in [0.1, 0.15) is 11.6 Å². The summed E-state index contributed by atoms with van der Waals surface area (Å²) in [5, 5.41) is 6.55. The number of hydrogen-bond acceptors (Lipinski definition) is 4. The highest BCUT2D eigenvalue weighted by Gasteiger charge is 2.05. The number of carbonyl (C=O) groups is 1. The number of amides is 1. The highest BCUT2D eigenvalue weighted by atomic mass is 35.5. The Morgan fingerprint density at radius 2 is 1.77 bits per heavy atom. The number of para-hydroxylation sites is 2. The Morgan fingerprint density at radius 3 is 2.50 bits per heavy atom. The topological polar surface area (TPSA) is 63.2 Å². The lowest BCUT2D eigenvalue weighted by atomic mass is 10.3. The molecule has 1 amide bonds. The molecule has 0 bridgehead atoms. The Balaban J connectivity index is 1.47. The SMILES string of the molecule is O=C(CCOc1ccccc1)Nc1ccc(Nc2ccccc2Cl)cn1. The quantitative estimate of drug-likeness (QED) is 0.624. The van der Waals surface area contributed by atoms with E-state index in [1.165, 1.54) is 0 Å². The molecule has 0 aliphatic heterocycles. The second-order valence-corrected chi connectivity index (χ2v) is 5.90. The molecule has 132 valence electrons.